The fraction of sp³-hybridized carbons (Fsp3) is 0.420. The van der Waals surface area contributed by atoms with Crippen molar-refractivity contribution >= 4 is 30.4 Å². The molecule has 2 aliphatic rings. The molecule has 0 N–H and O–H groups in total. The van der Waals surface area contributed by atoms with E-state index in [1.54, 1.807) is 43.3 Å². The highest BCUT2D eigenvalue weighted by atomic mass is 16.1. The maximum Gasteiger partial charge on any atom is 0.150 e. The van der Waals surface area contributed by atoms with E-state index < -0.39 is 0 Å². The second kappa shape index (κ2) is 27.8. The van der Waals surface area contributed by atoms with E-state index in [2.05, 4.69) is 76.2 Å². The van der Waals surface area contributed by atoms with E-state index in [1.807, 2.05) is 12.1 Å². The Kier molecular flexibility index (Phi) is 23.4. The van der Waals surface area contributed by atoms with Crippen molar-refractivity contribution < 1.29 is 26.8 Å². The molecule has 2 saturated carbocycles. The first-order chi connectivity index (χ1) is 26.5. The van der Waals surface area contributed by atoms with Crippen molar-refractivity contribution in [3.05, 3.63) is 142 Å². The van der Waals surface area contributed by atoms with Crippen molar-refractivity contribution in [1.29, 1.82) is 0 Å². The molecule has 0 aromatic heterocycles. The van der Waals surface area contributed by atoms with Crippen LogP contribution in [-0.4, -0.2) is 30.4 Å². The second-order valence-corrected chi connectivity index (χ2v) is 15.2. The Morgan fingerprint density at radius 1 is 0.564 bits per heavy atom. The number of hydrogen-bond donors (Lipinski definition) is 0. The van der Waals surface area contributed by atoms with Gasteiger partial charge in [0.25, 0.3) is 0 Å². The molecule has 6 rings (SSSR count). The van der Waals surface area contributed by atoms with Gasteiger partial charge in [0.1, 0.15) is 30.4 Å². The van der Waals surface area contributed by atoms with E-state index >= 15 is 0 Å². The minimum Gasteiger partial charge on any atom is -0.303 e. The second-order valence-electron chi connectivity index (χ2n) is 15.2. The third-order valence-corrected chi connectivity index (χ3v) is 9.96. The predicted molar refractivity (Wildman–Crippen MR) is 231 cm³/mol. The number of Topliss-reactive ketones (excluding diaryl/α,β-unsaturated/α-hetero) is 2. The van der Waals surface area contributed by atoms with Gasteiger partial charge in [-0.1, -0.05) is 159 Å². The van der Waals surface area contributed by atoms with Crippen LogP contribution in [0.15, 0.2) is 97.1 Å². The third kappa shape index (κ3) is 22.3. The molecule has 4 aromatic carbocycles. The van der Waals surface area contributed by atoms with Gasteiger partial charge in [0.15, 0.2) is 0 Å². The molecule has 0 atom stereocenters. The topological polar surface area (TPSA) is 85.3 Å². The zero-order valence-electron chi connectivity index (χ0n) is 34.1. The zero-order valence-corrected chi connectivity index (χ0v) is 34.1. The van der Waals surface area contributed by atoms with Crippen molar-refractivity contribution in [2.75, 3.05) is 0 Å². The van der Waals surface area contributed by atoms with E-state index in [0.29, 0.717) is 16.9 Å². The van der Waals surface area contributed by atoms with Gasteiger partial charge in [-0.3, -0.25) is 14.4 Å². The van der Waals surface area contributed by atoms with E-state index in [0.717, 1.165) is 67.5 Å². The van der Waals surface area contributed by atoms with Crippen molar-refractivity contribution in [3.8, 4) is 0 Å². The summed E-state index contributed by atoms with van der Waals surface area (Å²) in [6.45, 7) is 10.1. The molecule has 5 nitrogen and oxygen atoms in total. The molecule has 0 unspecified atom stereocenters. The summed E-state index contributed by atoms with van der Waals surface area (Å²) in [5, 5.41) is 0. The van der Waals surface area contributed by atoms with Gasteiger partial charge in [-0.25, -0.2) is 0 Å². The van der Waals surface area contributed by atoms with Gasteiger partial charge in [-0.2, -0.15) is 0 Å². The lowest BCUT2D eigenvalue weighted by molar-refractivity contribution is -0.118. The fourth-order valence-corrected chi connectivity index (χ4v) is 6.65. The first-order valence-corrected chi connectivity index (χ1v) is 20.1. The van der Waals surface area contributed by atoms with Crippen LogP contribution in [0.5, 0.6) is 0 Å². The molecule has 0 aliphatic heterocycles. The average Bonchev–Trinajstić information content (AvgIpc) is 3.92. The lowest BCUT2D eigenvalue weighted by Gasteiger charge is -2.04. The Balaban J connectivity index is 0.000000725. The Morgan fingerprint density at radius 2 is 0.927 bits per heavy atom. The van der Waals surface area contributed by atoms with Gasteiger partial charge in [-0.05, 0) is 82.6 Å². The molecule has 298 valence electrons. The molecule has 2 fully saturated rings. The summed E-state index contributed by atoms with van der Waals surface area (Å²) in [5.41, 5.74) is 8.10. The Morgan fingerprint density at radius 3 is 1.25 bits per heavy atom. The predicted octanol–water partition coefficient (Wildman–Crippen LogP) is 12.5. The number of carbonyl (C=O) groups excluding carboxylic acids is 5. The molecule has 0 radical (unpaired) electrons. The van der Waals surface area contributed by atoms with Crippen LogP contribution in [0.25, 0.3) is 0 Å². The highest BCUT2D eigenvalue weighted by molar-refractivity contribution is 5.84. The molecule has 0 bridgehead atoms. The van der Waals surface area contributed by atoms with Crippen LogP contribution in [-0.2, 0) is 27.2 Å². The Bertz CT molecular complexity index is 1560. The first-order valence-electron chi connectivity index (χ1n) is 20.1. The molecule has 4 aromatic rings. The number of benzene rings is 4. The van der Waals surface area contributed by atoms with Crippen LogP contribution in [0.4, 0.5) is 0 Å². The summed E-state index contributed by atoms with van der Waals surface area (Å²) in [4.78, 5) is 53.9. The lowest BCUT2D eigenvalue weighted by Crippen LogP contribution is -2.07. The summed E-state index contributed by atoms with van der Waals surface area (Å²) in [5.74, 6) is 2.17. The average molecular weight is 749 g/mol. The highest BCUT2D eigenvalue weighted by Crippen LogP contribution is 2.29. The smallest absolute Gasteiger partial charge is 0.150 e. The van der Waals surface area contributed by atoms with Gasteiger partial charge in [0.2, 0.25) is 0 Å². The minimum absolute atomic E-state index is 0. The molecule has 0 saturated heterocycles. The summed E-state index contributed by atoms with van der Waals surface area (Å²) in [6, 6.07) is 31.0. The zero-order chi connectivity index (χ0) is 40.3. The standard InChI is InChI=1S/C17H14O3.C9H16O.C8H14O.2C8H10.2H2/c18-11-15-5-1-3-13(7-15)9-17(20)10-14-4-2-6-16(8-14)12-19;1-8(10)6-7-9-4-2-3-5-9;9-7-3-6-8-4-1-2-5-8;2*1-7-3-5-8(2)6-4-7;;/h1-8,11-12H,9-10H2;9H,2-7H2,1H3;7-8H,1-6H2;2*3-6H,1-2H3;2*1H. The molecular weight excluding hydrogens is 681 g/mol. The van der Waals surface area contributed by atoms with Gasteiger partial charge >= 0.3 is 0 Å². The van der Waals surface area contributed by atoms with E-state index in [9.17, 15) is 24.0 Å². The normalized spacial score (nSPS) is 13.3. The minimum atomic E-state index is 0. The summed E-state index contributed by atoms with van der Waals surface area (Å²) in [6.07, 6.45) is 18.1. The van der Waals surface area contributed by atoms with Crippen LogP contribution in [0.2, 0.25) is 0 Å². The summed E-state index contributed by atoms with van der Waals surface area (Å²) < 4.78 is 0. The number of ketones is 2. The molecule has 5 heteroatoms. The maximum atomic E-state index is 12.0. The Hall–Kier alpha value is -4.77. The summed E-state index contributed by atoms with van der Waals surface area (Å²) >= 11 is 0. The van der Waals surface area contributed by atoms with Crippen LogP contribution in [0, 0.1) is 39.5 Å². The highest BCUT2D eigenvalue weighted by Gasteiger charge is 2.15. The quantitative estimate of drug-likeness (QED) is 0.135. The first kappa shape index (κ1) is 46.4. The van der Waals surface area contributed by atoms with E-state index in [1.165, 1.54) is 73.6 Å². The molecule has 2 aliphatic carbocycles. The molecule has 55 heavy (non-hydrogen) atoms. The fourth-order valence-electron chi connectivity index (χ4n) is 6.65. The summed E-state index contributed by atoms with van der Waals surface area (Å²) in [7, 11) is 0. The van der Waals surface area contributed by atoms with Gasteiger partial charge < -0.3 is 9.59 Å². The maximum absolute atomic E-state index is 12.0. The van der Waals surface area contributed by atoms with Crippen LogP contribution in [0.1, 0.15) is 141 Å². The molecule has 0 spiro atoms. The molecule has 0 heterocycles. The largest absolute Gasteiger partial charge is 0.303 e. The number of rotatable bonds is 12. The van der Waals surface area contributed by atoms with Gasteiger partial charge in [-0.15, -0.1) is 0 Å². The third-order valence-electron chi connectivity index (χ3n) is 9.96. The van der Waals surface area contributed by atoms with Crippen molar-refractivity contribution in [2.24, 2.45) is 11.8 Å². The SMILES string of the molecule is CC(=O)CCC1CCCC1.Cc1ccc(C)cc1.Cc1ccc(C)cc1.O=CCCC1CCCC1.O=Cc1cccc(CC(=O)Cc2cccc(C=O)c2)c1.[HH].[HH]. The van der Waals surface area contributed by atoms with E-state index in [4.69, 9.17) is 0 Å². The Labute approximate surface area is 334 Å². The van der Waals surface area contributed by atoms with Crippen LogP contribution in [0.3, 0.4) is 0 Å². The van der Waals surface area contributed by atoms with Crippen molar-refractivity contribution in [3.63, 3.8) is 0 Å². The monoisotopic (exact) mass is 749 g/mol. The number of hydrogen-bond acceptors (Lipinski definition) is 5. The van der Waals surface area contributed by atoms with Crippen molar-refractivity contribution in [1.82, 2.24) is 0 Å². The van der Waals surface area contributed by atoms with Crippen LogP contribution < -0.4 is 0 Å². The van der Waals surface area contributed by atoms with Crippen LogP contribution >= 0.6 is 0 Å². The van der Waals surface area contributed by atoms with Crippen molar-refractivity contribution in [2.45, 2.75) is 125 Å². The number of carbonyl (C=O) groups is 5. The van der Waals surface area contributed by atoms with E-state index in [-0.39, 0.29) is 21.5 Å². The molecular formula is C50H68O5. The van der Waals surface area contributed by atoms with Gasteiger partial charge in [0, 0.05) is 39.7 Å². The lowest BCUT2D eigenvalue weighted by atomic mass is 10.0. The number of aldehydes is 3. The molecule has 0 amide bonds. The number of aryl methyl sites for hydroxylation is 4. The van der Waals surface area contributed by atoms with Gasteiger partial charge in [0.05, 0.1) is 0 Å².